The van der Waals surface area contributed by atoms with Gasteiger partial charge in [0.25, 0.3) is 0 Å². The van der Waals surface area contributed by atoms with Crippen molar-refractivity contribution in [2.45, 2.75) is 50.6 Å². The van der Waals surface area contributed by atoms with Crippen molar-refractivity contribution in [2.24, 2.45) is 0 Å². The van der Waals surface area contributed by atoms with Crippen LogP contribution in [-0.2, 0) is 5.41 Å². The molecule has 2 heteroatoms. The van der Waals surface area contributed by atoms with Crippen LogP contribution in [0.4, 0.5) is 4.39 Å². The average molecular weight is 234 g/mol. The van der Waals surface area contributed by atoms with Crippen LogP contribution in [0.15, 0.2) is 24.3 Å². The first kappa shape index (κ1) is 12.3. The Hall–Kier alpha value is -1.18. The molecule has 2 rings (SSSR count). The minimum absolute atomic E-state index is 0.367. The van der Waals surface area contributed by atoms with Gasteiger partial charge in [0.05, 0.1) is 0 Å². The van der Waals surface area contributed by atoms with Gasteiger partial charge in [-0.25, -0.2) is 4.39 Å². The SMILES string of the molecule is CC(C)(F)C1(c2ccc(C=O)cc2)CCCC1. The maximum atomic E-state index is 14.5. The molecule has 17 heavy (non-hydrogen) atoms. The van der Waals surface area contributed by atoms with Gasteiger partial charge in [-0.15, -0.1) is 0 Å². The minimum Gasteiger partial charge on any atom is -0.298 e. The molecule has 1 fully saturated rings. The van der Waals surface area contributed by atoms with Crippen molar-refractivity contribution in [1.82, 2.24) is 0 Å². The number of carbonyl (C=O) groups excluding carboxylic acids is 1. The van der Waals surface area contributed by atoms with E-state index in [2.05, 4.69) is 0 Å². The molecular formula is C15H19FO. The molecule has 0 saturated heterocycles. The van der Waals surface area contributed by atoms with Crippen LogP contribution in [0.5, 0.6) is 0 Å². The van der Waals surface area contributed by atoms with E-state index < -0.39 is 5.67 Å². The van der Waals surface area contributed by atoms with Gasteiger partial charge in [-0.2, -0.15) is 0 Å². The van der Waals surface area contributed by atoms with E-state index >= 15 is 0 Å². The Balaban J connectivity index is 2.42. The van der Waals surface area contributed by atoms with Gasteiger partial charge >= 0.3 is 0 Å². The number of rotatable bonds is 3. The van der Waals surface area contributed by atoms with Gasteiger partial charge in [0, 0.05) is 11.0 Å². The summed E-state index contributed by atoms with van der Waals surface area (Å²) in [6.45, 7) is 3.35. The third-order valence-electron chi connectivity index (χ3n) is 4.19. The standard InChI is InChI=1S/C15H19FO/c1-14(2,16)15(9-3-4-10-15)13-7-5-12(11-17)6-8-13/h5-8,11H,3-4,9-10H2,1-2H3. The molecule has 1 nitrogen and oxygen atoms in total. The monoisotopic (exact) mass is 234 g/mol. The van der Waals surface area contributed by atoms with Crippen LogP contribution in [0.3, 0.4) is 0 Å². The topological polar surface area (TPSA) is 17.1 Å². The van der Waals surface area contributed by atoms with E-state index in [1.165, 1.54) is 0 Å². The zero-order valence-corrected chi connectivity index (χ0v) is 10.5. The lowest BCUT2D eigenvalue weighted by atomic mass is 9.68. The first-order valence-electron chi connectivity index (χ1n) is 6.24. The Morgan fingerprint density at radius 2 is 1.71 bits per heavy atom. The highest BCUT2D eigenvalue weighted by atomic mass is 19.1. The van der Waals surface area contributed by atoms with Crippen molar-refractivity contribution >= 4 is 6.29 Å². The fourth-order valence-electron chi connectivity index (χ4n) is 3.09. The van der Waals surface area contributed by atoms with Crippen molar-refractivity contribution in [2.75, 3.05) is 0 Å². The molecule has 92 valence electrons. The first-order valence-corrected chi connectivity index (χ1v) is 6.24. The molecule has 1 saturated carbocycles. The van der Waals surface area contributed by atoms with E-state index in [-0.39, 0.29) is 5.41 Å². The fraction of sp³-hybridized carbons (Fsp3) is 0.533. The second-order valence-corrected chi connectivity index (χ2v) is 5.50. The summed E-state index contributed by atoms with van der Waals surface area (Å²) in [5, 5.41) is 0. The summed E-state index contributed by atoms with van der Waals surface area (Å²) in [6, 6.07) is 7.40. The largest absolute Gasteiger partial charge is 0.298 e. The lowest BCUT2D eigenvalue weighted by Gasteiger charge is -2.39. The Labute approximate surface area is 102 Å². The number of halogens is 1. The van der Waals surface area contributed by atoms with Gasteiger partial charge in [-0.1, -0.05) is 37.1 Å². The Kier molecular flexibility index (Phi) is 3.07. The average Bonchev–Trinajstić information content (AvgIpc) is 2.79. The summed E-state index contributed by atoms with van der Waals surface area (Å²) in [4.78, 5) is 10.6. The van der Waals surface area contributed by atoms with E-state index in [1.807, 2.05) is 12.1 Å². The van der Waals surface area contributed by atoms with Gasteiger partial charge in [-0.05, 0) is 32.3 Å². The molecule has 0 N–H and O–H groups in total. The van der Waals surface area contributed by atoms with Crippen LogP contribution in [0.25, 0.3) is 0 Å². The molecular weight excluding hydrogens is 215 g/mol. The molecule has 0 unspecified atom stereocenters. The number of carbonyl (C=O) groups is 1. The van der Waals surface area contributed by atoms with E-state index in [0.29, 0.717) is 5.56 Å². The molecule has 0 spiro atoms. The highest BCUT2D eigenvalue weighted by Gasteiger charge is 2.48. The summed E-state index contributed by atoms with van der Waals surface area (Å²) >= 11 is 0. The van der Waals surface area contributed by atoms with Crippen LogP contribution in [0, 0.1) is 0 Å². The van der Waals surface area contributed by atoms with Crippen LogP contribution >= 0.6 is 0 Å². The number of aldehydes is 1. The number of alkyl halides is 1. The highest BCUT2D eigenvalue weighted by molar-refractivity contribution is 5.74. The van der Waals surface area contributed by atoms with Crippen LogP contribution in [0.2, 0.25) is 0 Å². The maximum Gasteiger partial charge on any atom is 0.150 e. The van der Waals surface area contributed by atoms with E-state index in [9.17, 15) is 9.18 Å². The fourth-order valence-corrected chi connectivity index (χ4v) is 3.09. The summed E-state index contributed by atoms with van der Waals surface area (Å²) in [6.07, 6.45) is 4.80. The number of hydrogen-bond acceptors (Lipinski definition) is 1. The highest BCUT2D eigenvalue weighted by Crippen LogP contribution is 2.50. The lowest BCUT2D eigenvalue weighted by Crippen LogP contribution is -2.41. The Morgan fingerprint density at radius 3 is 2.12 bits per heavy atom. The van der Waals surface area contributed by atoms with Crippen molar-refractivity contribution in [3.8, 4) is 0 Å². The molecule has 1 aromatic carbocycles. The number of benzene rings is 1. The van der Waals surface area contributed by atoms with Gasteiger partial charge in [0.1, 0.15) is 12.0 Å². The lowest BCUT2D eigenvalue weighted by molar-refractivity contribution is 0.0917. The molecule has 0 aliphatic heterocycles. The predicted octanol–water partition coefficient (Wildman–Crippen LogP) is 4.06. The second-order valence-electron chi connectivity index (χ2n) is 5.50. The second kappa shape index (κ2) is 4.25. The van der Waals surface area contributed by atoms with Gasteiger partial charge in [0.15, 0.2) is 0 Å². The van der Waals surface area contributed by atoms with Crippen LogP contribution in [0.1, 0.15) is 55.5 Å². The molecule has 0 atom stereocenters. The third kappa shape index (κ3) is 2.01. The zero-order valence-electron chi connectivity index (χ0n) is 10.5. The summed E-state index contributed by atoms with van der Waals surface area (Å²) in [7, 11) is 0. The maximum absolute atomic E-state index is 14.5. The van der Waals surface area contributed by atoms with Crippen molar-refractivity contribution < 1.29 is 9.18 Å². The molecule has 0 amide bonds. The minimum atomic E-state index is -1.22. The Morgan fingerprint density at radius 1 is 1.18 bits per heavy atom. The molecule has 0 radical (unpaired) electrons. The summed E-state index contributed by atoms with van der Waals surface area (Å²) < 4.78 is 14.5. The predicted molar refractivity (Wildman–Crippen MR) is 67.2 cm³/mol. The molecule has 1 aliphatic rings. The first-order chi connectivity index (χ1) is 7.99. The van der Waals surface area contributed by atoms with Crippen molar-refractivity contribution in [3.05, 3.63) is 35.4 Å². The van der Waals surface area contributed by atoms with Crippen molar-refractivity contribution in [1.29, 1.82) is 0 Å². The van der Waals surface area contributed by atoms with Gasteiger partial charge in [0.2, 0.25) is 0 Å². The molecule has 1 aromatic rings. The molecule has 0 heterocycles. The molecule has 1 aliphatic carbocycles. The van der Waals surface area contributed by atoms with Gasteiger partial charge < -0.3 is 0 Å². The van der Waals surface area contributed by atoms with E-state index in [0.717, 1.165) is 37.5 Å². The normalized spacial score (nSPS) is 19.2. The smallest absolute Gasteiger partial charge is 0.150 e. The van der Waals surface area contributed by atoms with E-state index in [4.69, 9.17) is 0 Å². The molecule has 0 aromatic heterocycles. The summed E-state index contributed by atoms with van der Waals surface area (Å²) in [5.41, 5.74) is 0.104. The van der Waals surface area contributed by atoms with E-state index in [1.54, 1.807) is 26.0 Å². The quantitative estimate of drug-likeness (QED) is 0.721. The van der Waals surface area contributed by atoms with Crippen molar-refractivity contribution in [3.63, 3.8) is 0 Å². The van der Waals surface area contributed by atoms with Gasteiger partial charge in [-0.3, -0.25) is 4.79 Å². The zero-order chi connectivity index (χ0) is 12.5. The molecule has 0 bridgehead atoms. The summed E-state index contributed by atoms with van der Waals surface area (Å²) in [5.74, 6) is 0. The van der Waals surface area contributed by atoms with Crippen LogP contribution in [-0.4, -0.2) is 12.0 Å². The number of hydrogen-bond donors (Lipinski definition) is 0. The Bertz CT molecular complexity index is 394. The third-order valence-corrected chi connectivity index (χ3v) is 4.19. The van der Waals surface area contributed by atoms with Crippen LogP contribution < -0.4 is 0 Å².